The predicted molar refractivity (Wildman–Crippen MR) is 31.8 cm³/mol. The Kier molecular flexibility index (Phi) is 6.44. The summed E-state index contributed by atoms with van der Waals surface area (Å²) in [4.78, 5) is 13.8. The van der Waals surface area contributed by atoms with Crippen LogP contribution >= 0.6 is 0 Å². The van der Waals surface area contributed by atoms with Crippen LogP contribution < -0.4 is 0 Å². The molecule has 4 heteroatoms. The van der Waals surface area contributed by atoms with Crippen LogP contribution in [0.2, 0.25) is 0 Å². The molecule has 0 radical (unpaired) electrons. The highest BCUT2D eigenvalue weighted by atomic mass is 17.1. The summed E-state index contributed by atoms with van der Waals surface area (Å²) < 4.78 is 0. The van der Waals surface area contributed by atoms with Crippen LogP contribution in [0.15, 0.2) is 11.8 Å². The molecule has 0 spiro atoms. The second-order valence-corrected chi connectivity index (χ2v) is 1.46. The van der Waals surface area contributed by atoms with Crippen LogP contribution in [0.4, 0.5) is 0 Å². The first-order chi connectivity index (χ1) is 3.66. The molecule has 0 aromatic heterocycles. The van der Waals surface area contributed by atoms with Gasteiger partial charge in [-0.2, -0.15) is 0 Å². The van der Waals surface area contributed by atoms with Crippen molar-refractivity contribution in [1.29, 1.82) is 0 Å². The average molecular weight is 134 g/mol. The van der Waals surface area contributed by atoms with Crippen molar-refractivity contribution in [2.45, 2.75) is 13.8 Å². The van der Waals surface area contributed by atoms with Gasteiger partial charge in [0.2, 0.25) is 0 Å². The third-order valence-electron chi connectivity index (χ3n) is 0.551. The van der Waals surface area contributed by atoms with Crippen LogP contribution in [0.5, 0.6) is 0 Å². The highest BCUT2D eigenvalue weighted by Crippen LogP contribution is 1.90. The van der Waals surface area contributed by atoms with Gasteiger partial charge >= 0.3 is 0 Å². The van der Waals surface area contributed by atoms with Crippen LogP contribution in [0.3, 0.4) is 0 Å². The van der Waals surface area contributed by atoms with Crippen molar-refractivity contribution in [1.82, 2.24) is 0 Å². The fraction of sp³-hybridized carbons (Fsp3) is 0.400. The largest absolute Gasteiger partial charge is 0.412 e. The molecule has 4 nitrogen and oxygen atoms in total. The fourth-order valence-corrected chi connectivity index (χ4v) is 0.313. The summed E-state index contributed by atoms with van der Waals surface area (Å²) in [6.07, 6.45) is 1.19. The molecular formula is C5H10O4. The number of carbonyl (C=O) groups excluding carboxylic acids is 1. The van der Waals surface area contributed by atoms with Crippen LogP contribution in [0, 0.1) is 0 Å². The summed E-state index contributed by atoms with van der Waals surface area (Å²) in [5, 5.41) is 7.86. The lowest BCUT2D eigenvalue weighted by Gasteiger charge is -1.89. The number of rotatable bonds is 2. The van der Waals surface area contributed by atoms with Crippen LogP contribution in [0.1, 0.15) is 13.8 Å². The molecule has 0 heterocycles. The lowest BCUT2D eigenvalue weighted by Crippen LogP contribution is -1.86. The zero-order chi connectivity index (χ0) is 6.57. The zero-order valence-electron chi connectivity index (χ0n) is 5.34. The van der Waals surface area contributed by atoms with Crippen molar-refractivity contribution in [2.75, 3.05) is 0 Å². The second-order valence-electron chi connectivity index (χ2n) is 1.46. The summed E-state index contributed by atoms with van der Waals surface area (Å²) in [5.41, 5.74) is 0. The number of ketones is 1. The van der Waals surface area contributed by atoms with E-state index < -0.39 is 0 Å². The quantitative estimate of drug-likeness (QED) is 0.252. The molecule has 3 N–H and O–H groups in total. The van der Waals surface area contributed by atoms with Gasteiger partial charge in [0.25, 0.3) is 0 Å². The molecule has 0 aliphatic heterocycles. The van der Waals surface area contributed by atoms with Gasteiger partial charge in [-0.25, -0.2) is 5.26 Å². The average Bonchev–Trinajstić information content (AvgIpc) is 1.65. The van der Waals surface area contributed by atoms with E-state index in [0.29, 0.717) is 0 Å². The summed E-state index contributed by atoms with van der Waals surface area (Å²) in [6, 6.07) is 0. The first-order valence-corrected chi connectivity index (χ1v) is 2.17. The van der Waals surface area contributed by atoms with E-state index in [1.807, 2.05) is 0 Å². The maximum absolute atomic E-state index is 10.1. The molecule has 0 saturated heterocycles. The maximum atomic E-state index is 10.1. The Labute approximate surface area is 53.0 Å². The predicted octanol–water partition coefficient (Wildman–Crippen LogP) is 0.144. The van der Waals surface area contributed by atoms with Crippen LogP contribution in [0.25, 0.3) is 0 Å². The van der Waals surface area contributed by atoms with Crippen LogP contribution in [-0.2, 0) is 9.68 Å². The van der Waals surface area contributed by atoms with Gasteiger partial charge in [0.1, 0.15) is 5.76 Å². The summed E-state index contributed by atoms with van der Waals surface area (Å²) in [7, 11) is 0. The van der Waals surface area contributed by atoms with Gasteiger partial charge in [0.15, 0.2) is 5.78 Å². The third-order valence-corrected chi connectivity index (χ3v) is 0.551. The highest BCUT2D eigenvalue weighted by molar-refractivity contribution is 5.87. The van der Waals surface area contributed by atoms with Crippen molar-refractivity contribution in [3.63, 3.8) is 0 Å². The van der Waals surface area contributed by atoms with Crippen molar-refractivity contribution < 1.29 is 20.4 Å². The summed E-state index contributed by atoms with van der Waals surface area (Å²) in [5.74, 6) is 0.0639. The number of hydrogen-bond acceptors (Lipinski definition) is 3. The molecule has 9 heavy (non-hydrogen) atoms. The van der Waals surface area contributed by atoms with Gasteiger partial charge in [-0.15, -0.1) is 0 Å². The van der Waals surface area contributed by atoms with E-state index in [9.17, 15) is 4.79 Å². The van der Waals surface area contributed by atoms with E-state index in [-0.39, 0.29) is 17.0 Å². The number of hydrogen-bond donors (Lipinski definition) is 1. The fourth-order valence-electron chi connectivity index (χ4n) is 0.313. The molecule has 0 rings (SSSR count). The molecule has 0 aromatic rings. The molecule has 0 amide bonds. The Morgan fingerprint density at radius 1 is 1.56 bits per heavy atom. The first kappa shape index (κ1) is 11.0. The SMILES string of the molecule is CC(=O)/C=C(/C)OO.O. The normalized spacial score (nSPS) is 9.89. The third kappa shape index (κ3) is 7.13. The minimum absolute atomic E-state index is 0. The molecule has 0 unspecified atom stereocenters. The second kappa shape index (κ2) is 5.27. The topological polar surface area (TPSA) is 78.0 Å². The number of carbonyl (C=O) groups is 1. The van der Waals surface area contributed by atoms with E-state index >= 15 is 0 Å². The minimum Gasteiger partial charge on any atom is -0.412 e. The Bertz CT molecular complexity index is 116. The molecule has 0 aliphatic carbocycles. The molecule has 54 valence electrons. The van der Waals surface area contributed by atoms with Gasteiger partial charge in [-0.3, -0.25) is 4.79 Å². The van der Waals surface area contributed by atoms with Crippen molar-refractivity contribution in [3.8, 4) is 0 Å². The molecule has 0 aliphatic rings. The monoisotopic (exact) mass is 134 g/mol. The molecule has 0 bridgehead atoms. The van der Waals surface area contributed by atoms with Crippen LogP contribution in [-0.4, -0.2) is 16.5 Å². The molecule has 0 aromatic carbocycles. The molecule has 0 atom stereocenters. The van der Waals surface area contributed by atoms with Crippen molar-refractivity contribution in [2.24, 2.45) is 0 Å². The van der Waals surface area contributed by atoms with Gasteiger partial charge in [0.05, 0.1) is 0 Å². The standard InChI is InChI=1S/C5H8O3.H2O/c1-4(6)3-5(2)8-7;/h3,7H,1-2H3;1H2/b5-3-;. The van der Waals surface area contributed by atoms with E-state index in [4.69, 9.17) is 5.26 Å². The number of allylic oxidation sites excluding steroid dienone is 2. The molecule has 0 saturated carbocycles. The molecular weight excluding hydrogens is 124 g/mol. The Morgan fingerprint density at radius 3 is 2.11 bits per heavy atom. The van der Waals surface area contributed by atoms with Gasteiger partial charge in [-0.05, 0) is 13.8 Å². The lowest BCUT2D eigenvalue weighted by atomic mass is 10.4. The van der Waals surface area contributed by atoms with E-state index in [1.54, 1.807) is 0 Å². The zero-order valence-corrected chi connectivity index (χ0v) is 5.34. The van der Waals surface area contributed by atoms with E-state index in [0.717, 1.165) is 0 Å². The highest BCUT2D eigenvalue weighted by Gasteiger charge is 1.88. The van der Waals surface area contributed by atoms with Gasteiger partial charge in [0, 0.05) is 6.08 Å². The maximum Gasteiger partial charge on any atom is 0.156 e. The Morgan fingerprint density at radius 2 is 2.00 bits per heavy atom. The lowest BCUT2D eigenvalue weighted by molar-refractivity contribution is -0.202. The smallest absolute Gasteiger partial charge is 0.156 e. The Balaban J connectivity index is 0. The first-order valence-electron chi connectivity index (χ1n) is 2.17. The van der Waals surface area contributed by atoms with E-state index in [1.165, 1.54) is 19.9 Å². The summed E-state index contributed by atoms with van der Waals surface area (Å²) >= 11 is 0. The Hall–Kier alpha value is -0.870. The minimum atomic E-state index is -0.142. The summed E-state index contributed by atoms with van der Waals surface area (Å²) in [6.45, 7) is 2.86. The van der Waals surface area contributed by atoms with E-state index in [2.05, 4.69) is 4.89 Å². The van der Waals surface area contributed by atoms with Gasteiger partial charge < -0.3 is 10.4 Å². The van der Waals surface area contributed by atoms with Crippen molar-refractivity contribution >= 4 is 5.78 Å². The molecule has 0 fully saturated rings. The van der Waals surface area contributed by atoms with Crippen molar-refractivity contribution in [3.05, 3.63) is 11.8 Å². The van der Waals surface area contributed by atoms with Gasteiger partial charge in [-0.1, -0.05) is 0 Å².